The minimum Gasteiger partial charge on any atom is -0.351 e. The van der Waals surface area contributed by atoms with Gasteiger partial charge in [0.15, 0.2) is 0 Å². The summed E-state index contributed by atoms with van der Waals surface area (Å²) < 4.78 is 1.71. The van der Waals surface area contributed by atoms with E-state index in [4.69, 9.17) is 5.84 Å². The molecule has 1 fully saturated rings. The number of nitrogens with zero attached hydrogens (tertiary/aromatic N) is 5. The average molecular weight is 260 g/mol. The van der Waals surface area contributed by atoms with E-state index in [1.165, 1.54) is 6.42 Å². The molecule has 1 aliphatic rings. The largest absolute Gasteiger partial charge is 0.351 e. The lowest BCUT2D eigenvalue weighted by Gasteiger charge is -2.08. The number of hydrogen-bond acceptors (Lipinski definition) is 7. The predicted octanol–water partition coefficient (Wildman–Crippen LogP) is 0.553. The van der Waals surface area contributed by atoms with Crippen LogP contribution in [0.25, 0.3) is 5.95 Å². The normalized spacial score (nSPS) is 21.2. The molecule has 19 heavy (non-hydrogen) atoms. The van der Waals surface area contributed by atoms with E-state index < -0.39 is 0 Å². The molecule has 2 heterocycles. The molecule has 0 spiro atoms. The van der Waals surface area contributed by atoms with Crippen molar-refractivity contribution >= 4 is 11.9 Å². The molecule has 0 amide bonds. The summed E-state index contributed by atoms with van der Waals surface area (Å²) in [6.07, 6.45) is 7.39. The lowest BCUT2D eigenvalue weighted by atomic mass is 10.3. The fourth-order valence-electron chi connectivity index (χ4n) is 2.03. The maximum Gasteiger partial charge on any atom is 0.243 e. The SMILES string of the molecule is CCC1CC1Nc1nc(NN)nc(-n2ccnc2)n1. The van der Waals surface area contributed by atoms with Gasteiger partial charge in [-0.1, -0.05) is 13.3 Å². The van der Waals surface area contributed by atoms with Gasteiger partial charge in [-0.2, -0.15) is 15.0 Å². The summed E-state index contributed by atoms with van der Waals surface area (Å²) in [7, 11) is 0. The van der Waals surface area contributed by atoms with Crippen LogP contribution in [0.2, 0.25) is 0 Å². The summed E-state index contributed by atoms with van der Waals surface area (Å²) >= 11 is 0. The van der Waals surface area contributed by atoms with Crippen molar-refractivity contribution < 1.29 is 0 Å². The topological polar surface area (TPSA) is 107 Å². The van der Waals surface area contributed by atoms with Gasteiger partial charge >= 0.3 is 0 Å². The van der Waals surface area contributed by atoms with E-state index >= 15 is 0 Å². The van der Waals surface area contributed by atoms with Crippen molar-refractivity contribution in [2.45, 2.75) is 25.8 Å². The first kappa shape index (κ1) is 11.8. The van der Waals surface area contributed by atoms with Gasteiger partial charge < -0.3 is 5.32 Å². The van der Waals surface area contributed by atoms with Gasteiger partial charge in [0.05, 0.1) is 0 Å². The highest BCUT2D eigenvalue weighted by Gasteiger charge is 2.35. The van der Waals surface area contributed by atoms with Crippen molar-refractivity contribution in [2.75, 3.05) is 10.7 Å². The van der Waals surface area contributed by atoms with Crippen LogP contribution in [0.1, 0.15) is 19.8 Å². The maximum atomic E-state index is 5.39. The summed E-state index contributed by atoms with van der Waals surface area (Å²) in [5.41, 5.74) is 2.45. The molecule has 8 heteroatoms. The summed E-state index contributed by atoms with van der Waals surface area (Å²) in [5.74, 6) is 7.44. The number of imidazole rings is 1. The molecule has 0 saturated heterocycles. The van der Waals surface area contributed by atoms with Crippen molar-refractivity contribution in [1.82, 2.24) is 24.5 Å². The van der Waals surface area contributed by atoms with Crippen LogP contribution in [0.4, 0.5) is 11.9 Å². The molecule has 1 saturated carbocycles. The summed E-state index contributed by atoms with van der Waals surface area (Å²) in [4.78, 5) is 16.7. The Morgan fingerprint density at radius 1 is 1.37 bits per heavy atom. The smallest absolute Gasteiger partial charge is 0.243 e. The van der Waals surface area contributed by atoms with Gasteiger partial charge in [-0.25, -0.2) is 10.8 Å². The van der Waals surface area contributed by atoms with E-state index in [9.17, 15) is 0 Å². The molecule has 0 bridgehead atoms. The second-order valence-electron chi connectivity index (χ2n) is 4.55. The molecule has 0 aliphatic heterocycles. The van der Waals surface area contributed by atoms with E-state index in [0.717, 1.165) is 6.42 Å². The lowest BCUT2D eigenvalue weighted by molar-refractivity contribution is 0.769. The Balaban J connectivity index is 1.85. The van der Waals surface area contributed by atoms with Gasteiger partial charge in [0, 0.05) is 18.4 Å². The van der Waals surface area contributed by atoms with Gasteiger partial charge in [0.2, 0.25) is 17.8 Å². The first-order valence-corrected chi connectivity index (χ1v) is 6.27. The molecule has 4 N–H and O–H groups in total. The van der Waals surface area contributed by atoms with Crippen LogP contribution in [0.3, 0.4) is 0 Å². The average Bonchev–Trinajstić information content (AvgIpc) is 2.96. The molecule has 2 atom stereocenters. The Morgan fingerprint density at radius 2 is 2.21 bits per heavy atom. The maximum absolute atomic E-state index is 5.39. The molecule has 3 rings (SSSR count). The van der Waals surface area contributed by atoms with E-state index in [0.29, 0.717) is 29.8 Å². The van der Waals surface area contributed by atoms with Gasteiger partial charge in [0.25, 0.3) is 0 Å². The molecule has 1 aliphatic carbocycles. The second kappa shape index (κ2) is 4.81. The zero-order valence-electron chi connectivity index (χ0n) is 10.6. The van der Waals surface area contributed by atoms with Crippen LogP contribution in [0.15, 0.2) is 18.7 Å². The lowest BCUT2D eigenvalue weighted by Crippen LogP contribution is -2.16. The number of nitrogen functional groups attached to an aromatic ring is 1. The molecule has 0 aromatic carbocycles. The number of hydrogen-bond donors (Lipinski definition) is 3. The van der Waals surface area contributed by atoms with Crippen LogP contribution in [0.5, 0.6) is 0 Å². The molecule has 2 aromatic heterocycles. The summed E-state index contributed by atoms with van der Waals surface area (Å²) in [6.45, 7) is 2.18. The first-order valence-electron chi connectivity index (χ1n) is 6.27. The van der Waals surface area contributed by atoms with Crippen LogP contribution < -0.4 is 16.6 Å². The minimum absolute atomic E-state index is 0.329. The molecule has 8 nitrogen and oxygen atoms in total. The van der Waals surface area contributed by atoms with E-state index in [2.05, 4.69) is 37.6 Å². The minimum atomic E-state index is 0.329. The number of nitrogens with two attached hydrogens (primary N) is 1. The van der Waals surface area contributed by atoms with E-state index in [1.54, 1.807) is 23.3 Å². The van der Waals surface area contributed by atoms with E-state index in [-0.39, 0.29) is 0 Å². The highest BCUT2D eigenvalue weighted by atomic mass is 15.4. The van der Waals surface area contributed by atoms with Crippen molar-refractivity contribution in [3.05, 3.63) is 18.7 Å². The highest BCUT2D eigenvalue weighted by Crippen LogP contribution is 2.35. The fraction of sp³-hybridized carbons (Fsp3) is 0.455. The monoisotopic (exact) mass is 260 g/mol. The number of hydrazine groups is 1. The Bertz CT molecular complexity index is 552. The number of rotatable bonds is 5. The molecule has 0 radical (unpaired) electrons. The molecule has 2 unspecified atom stereocenters. The van der Waals surface area contributed by atoms with Crippen molar-refractivity contribution in [3.63, 3.8) is 0 Å². The number of nitrogens with one attached hydrogen (secondary N) is 2. The van der Waals surface area contributed by atoms with Crippen LogP contribution in [-0.2, 0) is 0 Å². The predicted molar refractivity (Wildman–Crippen MR) is 70.6 cm³/mol. The molecular formula is C11H16N8. The summed E-state index contributed by atoms with van der Waals surface area (Å²) in [6, 6.07) is 0.452. The van der Waals surface area contributed by atoms with Crippen molar-refractivity contribution in [2.24, 2.45) is 11.8 Å². The Kier molecular flexibility index (Phi) is 3.00. The summed E-state index contributed by atoms with van der Waals surface area (Å²) in [5, 5.41) is 3.30. The quantitative estimate of drug-likeness (QED) is 0.532. The van der Waals surface area contributed by atoms with E-state index in [1.807, 2.05) is 0 Å². The third-order valence-electron chi connectivity index (χ3n) is 3.25. The second-order valence-corrected chi connectivity index (χ2v) is 4.55. The Labute approximate surface area is 110 Å². The van der Waals surface area contributed by atoms with Gasteiger partial charge in [-0.3, -0.25) is 9.99 Å². The van der Waals surface area contributed by atoms with Crippen LogP contribution >= 0.6 is 0 Å². The Morgan fingerprint density at radius 3 is 2.84 bits per heavy atom. The zero-order chi connectivity index (χ0) is 13.2. The zero-order valence-corrected chi connectivity index (χ0v) is 10.6. The van der Waals surface area contributed by atoms with Gasteiger partial charge in [-0.15, -0.1) is 0 Å². The molecule has 100 valence electrons. The standard InChI is InChI=1S/C11H16N8/c1-2-7-5-8(7)14-9-15-10(18-12)17-11(16-9)19-4-3-13-6-19/h3-4,6-8H,2,5,12H2,1H3,(H2,14,15,16,17,18). The molecule has 2 aromatic rings. The number of anilines is 2. The highest BCUT2D eigenvalue weighted by molar-refractivity contribution is 5.39. The third kappa shape index (κ3) is 2.48. The van der Waals surface area contributed by atoms with Crippen molar-refractivity contribution in [1.29, 1.82) is 0 Å². The van der Waals surface area contributed by atoms with Gasteiger partial charge in [-0.05, 0) is 12.3 Å². The van der Waals surface area contributed by atoms with Gasteiger partial charge in [0.1, 0.15) is 6.33 Å². The fourth-order valence-corrected chi connectivity index (χ4v) is 2.03. The first-order chi connectivity index (χ1) is 9.30. The van der Waals surface area contributed by atoms with Crippen molar-refractivity contribution in [3.8, 4) is 5.95 Å². The Hall–Kier alpha value is -2.22. The molecular weight excluding hydrogens is 244 g/mol. The third-order valence-corrected chi connectivity index (χ3v) is 3.25. The number of aromatic nitrogens is 5. The van der Waals surface area contributed by atoms with Crippen LogP contribution in [-0.4, -0.2) is 30.5 Å². The van der Waals surface area contributed by atoms with Crippen LogP contribution in [0, 0.1) is 5.92 Å².